The molecule has 1 aliphatic carbocycles. The number of benzene rings is 1. The fraction of sp³-hybridized carbons (Fsp3) is 0.235. The van der Waals surface area contributed by atoms with E-state index in [9.17, 15) is 27.5 Å². The van der Waals surface area contributed by atoms with Crippen LogP contribution in [0.25, 0.3) is 10.4 Å². The molecule has 0 spiro atoms. The van der Waals surface area contributed by atoms with E-state index in [1.54, 1.807) is 12.1 Å². The molecule has 1 unspecified atom stereocenters. The van der Waals surface area contributed by atoms with Crippen LogP contribution in [0.5, 0.6) is 0 Å². The van der Waals surface area contributed by atoms with Crippen molar-refractivity contribution in [2.24, 2.45) is 0 Å². The number of alkyl halides is 3. The molecule has 1 aromatic carbocycles. The lowest BCUT2D eigenvalue weighted by Crippen LogP contribution is -2.11. The Morgan fingerprint density at radius 1 is 1.12 bits per heavy atom. The van der Waals surface area contributed by atoms with Gasteiger partial charge in [0.1, 0.15) is 5.82 Å². The molecular formula is C17H12F4O2S. The molecule has 7 heteroatoms. The molecular weight excluding hydrogens is 344 g/mol. The summed E-state index contributed by atoms with van der Waals surface area (Å²) in [6, 6.07) is 5.76. The van der Waals surface area contributed by atoms with E-state index in [2.05, 4.69) is 0 Å². The lowest BCUT2D eigenvalue weighted by Gasteiger charge is -2.17. The van der Waals surface area contributed by atoms with Gasteiger partial charge in [0.2, 0.25) is 0 Å². The third-order valence-corrected chi connectivity index (χ3v) is 5.10. The summed E-state index contributed by atoms with van der Waals surface area (Å²) in [6.07, 6.45) is -2.83. The van der Waals surface area contributed by atoms with Gasteiger partial charge in [-0.25, -0.2) is 4.39 Å². The quantitative estimate of drug-likeness (QED) is 0.726. The van der Waals surface area contributed by atoms with Gasteiger partial charge < -0.3 is 5.11 Å². The summed E-state index contributed by atoms with van der Waals surface area (Å²) in [5.74, 6) is -1.31. The van der Waals surface area contributed by atoms with Gasteiger partial charge in [0.25, 0.3) is 0 Å². The van der Waals surface area contributed by atoms with Crippen molar-refractivity contribution in [2.75, 3.05) is 0 Å². The number of ketones is 1. The predicted molar refractivity (Wildman–Crippen MR) is 82.4 cm³/mol. The van der Waals surface area contributed by atoms with Crippen LogP contribution in [-0.2, 0) is 11.0 Å². The van der Waals surface area contributed by atoms with E-state index in [1.165, 1.54) is 17.4 Å². The van der Waals surface area contributed by atoms with Crippen LogP contribution < -0.4 is 0 Å². The highest BCUT2D eigenvalue weighted by Crippen LogP contribution is 2.39. The van der Waals surface area contributed by atoms with E-state index in [-0.39, 0.29) is 29.4 Å². The molecule has 2 aromatic rings. The number of allylic oxidation sites excluding steroid dienone is 2. The van der Waals surface area contributed by atoms with Gasteiger partial charge in [-0.1, -0.05) is 6.07 Å². The minimum absolute atomic E-state index is 0.00640. The summed E-state index contributed by atoms with van der Waals surface area (Å²) in [7, 11) is 0. The minimum atomic E-state index is -4.59. The molecule has 1 atom stereocenters. The van der Waals surface area contributed by atoms with Crippen LogP contribution in [0, 0.1) is 5.82 Å². The largest absolute Gasteiger partial charge is 0.512 e. The average Bonchev–Trinajstić information content (AvgIpc) is 2.94. The van der Waals surface area contributed by atoms with Gasteiger partial charge in [-0.2, -0.15) is 13.2 Å². The lowest BCUT2D eigenvalue weighted by molar-refractivity contribution is -0.137. The second-order valence-corrected chi connectivity index (χ2v) is 6.72. The highest BCUT2D eigenvalue weighted by molar-refractivity contribution is 7.15. The lowest BCUT2D eigenvalue weighted by atomic mass is 9.91. The highest BCUT2D eigenvalue weighted by Gasteiger charge is 2.31. The Morgan fingerprint density at radius 2 is 1.88 bits per heavy atom. The topological polar surface area (TPSA) is 37.3 Å². The molecule has 0 saturated carbocycles. The maximum Gasteiger partial charge on any atom is 0.416 e. The number of carbonyl (C=O) groups is 1. The summed E-state index contributed by atoms with van der Waals surface area (Å²) < 4.78 is 51.8. The van der Waals surface area contributed by atoms with E-state index in [0.717, 1.165) is 17.0 Å². The Balaban J connectivity index is 1.89. The van der Waals surface area contributed by atoms with E-state index in [1.807, 2.05) is 0 Å². The van der Waals surface area contributed by atoms with Crippen LogP contribution in [-0.4, -0.2) is 10.9 Å². The van der Waals surface area contributed by atoms with Crippen molar-refractivity contribution in [1.82, 2.24) is 0 Å². The molecule has 2 nitrogen and oxygen atoms in total. The second kappa shape index (κ2) is 6.05. The molecule has 1 heterocycles. The van der Waals surface area contributed by atoms with Crippen LogP contribution in [0.15, 0.2) is 42.2 Å². The van der Waals surface area contributed by atoms with E-state index < -0.39 is 17.6 Å². The maximum atomic E-state index is 14.0. The van der Waals surface area contributed by atoms with Crippen LogP contribution in [0.2, 0.25) is 0 Å². The fourth-order valence-electron chi connectivity index (χ4n) is 2.68. The monoisotopic (exact) mass is 356 g/mol. The van der Waals surface area contributed by atoms with E-state index >= 15 is 0 Å². The van der Waals surface area contributed by atoms with Crippen LogP contribution in [0.1, 0.15) is 29.2 Å². The van der Waals surface area contributed by atoms with Crippen molar-refractivity contribution >= 4 is 17.1 Å². The van der Waals surface area contributed by atoms with Gasteiger partial charge in [-0.05, 0) is 24.3 Å². The summed E-state index contributed by atoms with van der Waals surface area (Å²) >= 11 is 1.21. The molecule has 3 rings (SSSR count). The molecule has 24 heavy (non-hydrogen) atoms. The second-order valence-electron chi connectivity index (χ2n) is 5.60. The van der Waals surface area contributed by atoms with Crippen molar-refractivity contribution in [3.05, 3.63) is 58.4 Å². The molecule has 1 aliphatic rings. The molecule has 0 saturated heterocycles. The number of aliphatic hydroxyl groups excluding tert-OH is 1. The van der Waals surface area contributed by atoms with Gasteiger partial charge in [0.15, 0.2) is 5.78 Å². The smallest absolute Gasteiger partial charge is 0.416 e. The Kier molecular flexibility index (Phi) is 4.21. The Bertz CT molecular complexity index is 820. The number of rotatable bonds is 2. The van der Waals surface area contributed by atoms with E-state index in [0.29, 0.717) is 17.4 Å². The maximum absolute atomic E-state index is 14.0. The number of aliphatic hydroxyl groups is 1. The first-order valence-corrected chi connectivity index (χ1v) is 7.95. The zero-order valence-corrected chi connectivity index (χ0v) is 13.0. The van der Waals surface area contributed by atoms with Gasteiger partial charge in [-0.3, -0.25) is 4.79 Å². The molecule has 0 bridgehead atoms. The SMILES string of the molecule is O=C1C=C(O)CC(c2ccc(-c3ccc(C(F)(F)F)cc3F)s2)C1. The number of carbonyl (C=O) groups excluding carboxylic acids is 1. The van der Waals surface area contributed by atoms with Gasteiger partial charge in [0.05, 0.1) is 11.3 Å². The first kappa shape index (κ1) is 16.7. The summed E-state index contributed by atoms with van der Waals surface area (Å²) in [6.45, 7) is 0. The average molecular weight is 356 g/mol. The minimum Gasteiger partial charge on any atom is -0.512 e. The summed E-state index contributed by atoms with van der Waals surface area (Å²) in [5, 5.41) is 9.56. The predicted octanol–water partition coefficient (Wildman–Crippen LogP) is 5.46. The highest BCUT2D eigenvalue weighted by atomic mass is 32.1. The summed E-state index contributed by atoms with van der Waals surface area (Å²) in [4.78, 5) is 12.8. The molecule has 0 amide bonds. The van der Waals surface area contributed by atoms with Gasteiger partial charge in [0, 0.05) is 40.2 Å². The number of hydrogen-bond donors (Lipinski definition) is 1. The molecule has 0 radical (unpaired) electrons. The van der Waals surface area contributed by atoms with Crippen molar-refractivity contribution in [3.8, 4) is 10.4 Å². The summed E-state index contributed by atoms with van der Waals surface area (Å²) in [5.41, 5.74) is -0.949. The fourth-order valence-corrected chi connectivity index (χ4v) is 3.82. The van der Waals surface area contributed by atoms with Crippen molar-refractivity contribution in [2.45, 2.75) is 24.9 Å². The van der Waals surface area contributed by atoms with Crippen LogP contribution in [0.4, 0.5) is 17.6 Å². The zero-order chi connectivity index (χ0) is 17.5. The molecule has 0 aliphatic heterocycles. The number of thiophene rings is 1. The standard InChI is InChI=1S/C17H12F4O2S/c18-14-7-10(17(19,20)21)1-2-13(14)16-4-3-15(24-16)9-5-11(22)8-12(23)6-9/h1-4,7-9,22H,5-6H2. The number of halogens is 4. The Hall–Kier alpha value is -2.15. The van der Waals surface area contributed by atoms with E-state index in [4.69, 9.17) is 0 Å². The van der Waals surface area contributed by atoms with Crippen molar-refractivity contribution in [1.29, 1.82) is 0 Å². The molecule has 0 fully saturated rings. The third kappa shape index (κ3) is 3.36. The molecule has 1 aromatic heterocycles. The third-order valence-electron chi connectivity index (χ3n) is 3.82. The van der Waals surface area contributed by atoms with Crippen molar-refractivity contribution in [3.63, 3.8) is 0 Å². The number of hydrogen-bond acceptors (Lipinski definition) is 3. The first-order valence-electron chi connectivity index (χ1n) is 7.13. The van der Waals surface area contributed by atoms with Crippen LogP contribution in [0.3, 0.4) is 0 Å². The Morgan fingerprint density at radius 3 is 2.50 bits per heavy atom. The zero-order valence-electron chi connectivity index (χ0n) is 12.2. The normalized spacial score (nSPS) is 18.6. The Labute approximate surface area is 139 Å². The first-order chi connectivity index (χ1) is 11.2. The molecule has 126 valence electrons. The van der Waals surface area contributed by atoms with Crippen LogP contribution >= 0.6 is 11.3 Å². The molecule has 1 N–H and O–H groups in total. The van der Waals surface area contributed by atoms with Gasteiger partial charge >= 0.3 is 6.18 Å². The van der Waals surface area contributed by atoms with Gasteiger partial charge in [-0.15, -0.1) is 11.3 Å². The van der Waals surface area contributed by atoms with Crippen molar-refractivity contribution < 1.29 is 27.5 Å².